The molecule has 2 saturated heterocycles. The van der Waals surface area contributed by atoms with Crippen molar-refractivity contribution in [2.75, 3.05) is 82.1 Å². The highest BCUT2D eigenvalue weighted by Gasteiger charge is 2.20. The number of rotatable bonds is 7. The number of nitrogens with zero attached hydrogens (tertiary/aromatic N) is 6. The maximum absolute atomic E-state index is 10.1. The van der Waals surface area contributed by atoms with Crippen LogP contribution in [0.1, 0.15) is 5.56 Å². The SMILES string of the molecule is COc1cc(/C=N\Nc2nc(N3CCOCC3)nc(N3CCOCC3)n2)cc(OC)c1O. The van der Waals surface area contributed by atoms with Gasteiger partial charge in [-0.25, -0.2) is 5.43 Å². The molecule has 2 aliphatic heterocycles. The van der Waals surface area contributed by atoms with Crippen LogP contribution in [0.3, 0.4) is 0 Å². The van der Waals surface area contributed by atoms with E-state index in [-0.39, 0.29) is 17.2 Å². The molecule has 0 bridgehead atoms. The van der Waals surface area contributed by atoms with E-state index in [9.17, 15) is 5.11 Å². The molecule has 4 rings (SSSR count). The summed E-state index contributed by atoms with van der Waals surface area (Å²) in [5, 5.41) is 14.3. The van der Waals surface area contributed by atoms with E-state index in [0.29, 0.717) is 76.0 Å². The normalized spacial score (nSPS) is 16.9. The van der Waals surface area contributed by atoms with Gasteiger partial charge in [0.2, 0.25) is 23.6 Å². The van der Waals surface area contributed by atoms with Crippen molar-refractivity contribution in [3.8, 4) is 17.2 Å². The molecule has 0 unspecified atom stereocenters. The van der Waals surface area contributed by atoms with Gasteiger partial charge in [-0.15, -0.1) is 0 Å². The predicted octanol–water partition coefficient (Wildman–Crippen LogP) is 0.714. The highest BCUT2D eigenvalue weighted by molar-refractivity contribution is 5.82. The van der Waals surface area contributed by atoms with Crippen LogP contribution in [0.25, 0.3) is 0 Å². The zero-order valence-electron chi connectivity index (χ0n) is 18.2. The molecular weight excluding hydrogens is 418 g/mol. The van der Waals surface area contributed by atoms with Gasteiger partial charge in [0.1, 0.15) is 0 Å². The monoisotopic (exact) mass is 445 g/mol. The minimum absolute atomic E-state index is 0.0668. The van der Waals surface area contributed by atoms with Crippen molar-refractivity contribution >= 4 is 24.1 Å². The number of phenols is 1. The van der Waals surface area contributed by atoms with Gasteiger partial charge >= 0.3 is 0 Å². The summed E-state index contributed by atoms with van der Waals surface area (Å²) in [6, 6.07) is 3.30. The number of hydrazone groups is 1. The summed E-state index contributed by atoms with van der Waals surface area (Å²) in [5.74, 6) is 2.00. The fraction of sp³-hybridized carbons (Fsp3) is 0.500. The molecule has 12 nitrogen and oxygen atoms in total. The first kappa shape index (κ1) is 21.8. The Labute approximate surface area is 185 Å². The molecule has 1 aromatic carbocycles. The number of aromatic nitrogens is 3. The fourth-order valence-corrected chi connectivity index (χ4v) is 3.37. The van der Waals surface area contributed by atoms with E-state index in [1.54, 1.807) is 18.3 Å². The van der Waals surface area contributed by atoms with Crippen molar-refractivity contribution in [2.45, 2.75) is 0 Å². The lowest BCUT2D eigenvalue weighted by atomic mass is 10.2. The lowest BCUT2D eigenvalue weighted by Gasteiger charge is -2.30. The summed E-state index contributed by atoms with van der Waals surface area (Å²) in [6.45, 7) is 5.36. The van der Waals surface area contributed by atoms with Crippen molar-refractivity contribution < 1.29 is 24.1 Å². The Balaban J connectivity index is 1.56. The van der Waals surface area contributed by atoms with Gasteiger partial charge in [0.25, 0.3) is 0 Å². The summed E-state index contributed by atoms with van der Waals surface area (Å²) >= 11 is 0. The van der Waals surface area contributed by atoms with E-state index in [1.807, 2.05) is 0 Å². The number of ether oxygens (including phenoxy) is 4. The fourth-order valence-electron chi connectivity index (χ4n) is 3.37. The molecule has 32 heavy (non-hydrogen) atoms. The van der Waals surface area contributed by atoms with Gasteiger partial charge in [-0.1, -0.05) is 0 Å². The summed E-state index contributed by atoms with van der Waals surface area (Å²) in [4.78, 5) is 17.9. The number of benzene rings is 1. The molecule has 3 heterocycles. The standard InChI is InChI=1S/C20H27N7O5/c1-29-15-11-14(12-16(30-2)17(15)28)13-21-25-18-22-19(26-3-7-31-8-4-26)24-20(23-18)27-5-9-32-10-6-27/h11-13,28H,3-10H2,1-2H3,(H,22,23,24,25)/b21-13-. The Morgan fingerprint density at radius 1 is 0.906 bits per heavy atom. The van der Waals surface area contributed by atoms with Gasteiger partial charge in [0.05, 0.1) is 46.9 Å². The van der Waals surface area contributed by atoms with E-state index in [1.165, 1.54) is 14.2 Å². The second-order valence-electron chi connectivity index (χ2n) is 7.10. The number of hydrogen-bond acceptors (Lipinski definition) is 12. The van der Waals surface area contributed by atoms with Crippen molar-refractivity contribution in [1.82, 2.24) is 15.0 Å². The molecule has 0 radical (unpaired) electrons. The molecule has 2 aliphatic rings. The first-order valence-corrected chi connectivity index (χ1v) is 10.3. The van der Waals surface area contributed by atoms with Gasteiger partial charge in [-0.3, -0.25) is 0 Å². The second-order valence-corrected chi connectivity index (χ2v) is 7.10. The minimum atomic E-state index is -0.0668. The zero-order chi connectivity index (χ0) is 22.3. The van der Waals surface area contributed by atoms with E-state index in [0.717, 1.165) is 0 Å². The quantitative estimate of drug-likeness (QED) is 0.462. The van der Waals surface area contributed by atoms with E-state index in [2.05, 4.69) is 35.3 Å². The Morgan fingerprint density at radius 2 is 1.41 bits per heavy atom. The molecule has 1 aromatic heterocycles. The summed E-state index contributed by atoms with van der Waals surface area (Å²) in [6.07, 6.45) is 1.57. The van der Waals surface area contributed by atoms with Crippen LogP contribution in [-0.2, 0) is 9.47 Å². The second kappa shape index (κ2) is 10.3. The number of hydrogen-bond donors (Lipinski definition) is 2. The van der Waals surface area contributed by atoms with Crippen LogP contribution in [0.15, 0.2) is 17.2 Å². The van der Waals surface area contributed by atoms with Crippen LogP contribution >= 0.6 is 0 Å². The summed E-state index contributed by atoms with van der Waals surface area (Å²) in [7, 11) is 2.94. The minimum Gasteiger partial charge on any atom is -0.502 e. The number of nitrogens with one attached hydrogen (secondary N) is 1. The highest BCUT2D eigenvalue weighted by Crippen LogP contribution is 2.36. The Kier molecular flexibility index (Phi) is 7.02. The summed E-state index contributed by atoms with van der Waals surface area (Å²) < 4.78 is 21.2. The van der Waals surface area contributed by atoms with Gasteiger partial charge < -0.3 is 33.9 Å². The number of phenolic OH excluding ortho intramolecular Hbond substituents is 1. The number of methoxy groups -OCH3 is 2. The first-order chi connectivity index (χ1) is 15.7. The molecule has 2 aromatic rings. The third-order valence-corrected chi connectivity index (χ3v) is 5.08. The molecule has 0 saturated carbocycles. The molecule has 0 spiro atoms. The van der Waals surface area contributed by atoms with Gasteiger partial charge in [0.15, 0.2) is 11.5 Å². The molecule has 0 atom stereocenters. The third kappa shape index (κ3) is 5.08. The summed E-state index contributed by atoms with van der Waals surface area (Å²) in [5.41, 5.74) is 3.56. The topological polar surface area (TPSA) is 127 Å². The molecule has 0 amide bonds. The maximum Gasteiger partial charge on any atom is 0.250 e. The van der Waals surface area contributed by atoms with Crippen LogP contribution in [0.4, 0.5) is 17.8 Å². The largest absolute Gasteiger partial charge is 0.502 e. The average Bonchev–Trinajstić information content (AvgIpc) is 2.85. The molecule has 172 valence electrons. The van der Waals surface area contributed by atoms with Crippen molar-refractivity contribution in [2.24, 2.45) is 5.10 Å². The lowest BCUT2D eigenvalue weighted by molar-refractivity contribution is 0.121. The average molecular weight is 445 g/mol. The third-order valence-electron chi connectivity index (χ3n) is 5.08. The predicted molar refractivity (Wildman–Crippen MR) is 118 cm³/mol. The lowest BCUT2D eigenvalue weighted by Crippen LogP contribution is -2.40. The number of morpholine rings is 2. The van der Waals surface area contributed by atoms with Crippen LogP contribution in [0.2, 0.25) is 0 Å². The van der Waals surface area contributed by atoms with Crippen LogP contribution in [0.5, 0.6) is 17.2 Å². The van der Waals surface area contributed by atoms with Gasteiger partial charge in [-0.2, -0.15) is 20.1 Å². The van der Waals surface area contributed by atoms with Crippen LogP contribution in [-0.4, -0.2) is 93.1 Å². The molecule has 12 heteroatoms. The van der Waals surface area contributed by atoms with Crippen LogP contribution in [0, 0.1) is 0 Å². The zero-order valence-corrected chi connectivity index (χ0v) is 18.2. The molecule has 0 aliphatic carbocycles. The smallest absolute Gasteiger partial charge is 0.250 e. The first-order valence-electron chi connectivity index (χ1n) is 10.3. The Bertz CT molecular complexity index is 885. The number of aromatic hydroxyl groups is 1. The van der Waals surface area contributed by atoms with E-state index < -0.39 is 0 Å². The van der Waals surface area contributed by atoms with Crippen molar-refractivity contribution in [3.63, 3.8) is 0 Å². The van der Waals surface area contributed by atoms with Gasteiger partial charge in [0, 0.05) is 31.7 Å². The van der Waals surface area contributed by atoms with Gasteiger partial charge in [-0.05, 0) is 12.1 Å². The van der Waals surface area contributed by atoms with E-state index in [4.69, 9.17) is 18.9 Å². The maximum atomic E-state index is 10.1. The van der Waals surface area contributed by atoms with Crippen LogP contribution < -0.4 is 24.7 Å². The highest BCUT2D eigenvalue weighted by atomic mass is 16.5. The molecular formula is C20H27N7O5. The Hall–Kier alpha value is -3.38. The number of anilines is 3. The molecule has 2 fully saturated rings. The van der Waals surface area contributed by atoms with E-state index >= 15 is 0 Å². The van der Waals surface area contributed by atoms with Crippen molar-refractivity contribution in [1.29, 1.82) is 0 Å². The van der Waals surface area contributed by atoms with Crippen molar-refractivity contribution in [3.05, 3.63) is 17.7 Å². The molecule has 2 N–H and O–H groups in total. The Morgan fingerprint density at radius 3 is 1.88 bits per heavy atom.